The standard InChI is InChI=1S/C12H17NO2S/c1-14-12-3-2-9(5-13)4-10(12)8-16-11-6-15-7-11/h2-4,11H,5-8,13H2,1H3. The maximum absolute atomic E-state index is 5.64. The predicted octanol–water partition coefficient (Wildman–Crippen LogP) is 1.79. The second kappa shape index (κ2) is 5.57. The zero-order chi connectivity index (χ0) is 11.4. The molecule has 0 aromatic heterocycles. The van der Waals surface area contributed by atoms with Crippen molar-refractivity contribution in [3.63, 3.8) is 0 Å². The van der Waals surface area contributed by atoms with Crippen LogP contribution in [0.5, 0.6) is 5.75 Å². The summed E-state index contributed by atoms with van der Waals surface area (Å²) >= 11 is 1.92. The lowest BCUT2D eigenvalue weighted by Crippen LogP contribution is -2.30. The molecule has 0 atom stereocenters. The molecule has 88 valence electrons. The Labute approximate surface area is 100 Å². The van der Waals surface area contributed by atoms with E-state index < -0.39 is 0 Å². The van der Waals surface area contributed by atoms with Gasteiger partial charge in [0.05, 0.1) is 25.6 Å². The minimum atomic E-state index is 0.578. The molecular formula is C12H17NO2S. The van der Waals surface area contributed by atoms with Crippen molar-refractivity contribution in [2.24, 2.45) is 5.73 Å². The summed E-state index contributed by atoms with van der Waals surface area (Å²) in [5.74, 6) is 1.91. The van der Waals surface area contributed by atoms with Crippen molar-refractivity contribution in [1.82, 2.24) is 0 Å². The molecule has 1 fully saturated rings. The maximum atomic E-state index is 5.64. The third-order valence-corrected chi connectivity index (χ3v) is 3.88. The van der Waals surface area contributed by atoms with E-state index in [1.165, 1.54) is 5.56 Å². The van der Waals surface area contributed by atoms with Crippen LogP contribution in [0.4, 0.5) is 0 Å². The summed E-state index contributed by atoms with van der Waals surface area (Å²) in [6.07, 6.45) is 0. The summed E-state index contributed by atoms with van der Waals surface area (Å²) in [5, 5.41) is 0.645. The van der Waals surface area contributed by atoms with Gasteiger partial charge in [0, 0.05) is 17.9 Å². The number of nitrogens with two attached hydrogens (primary N) is 1. The first-order chi connectivity index (χ1) is 7.83. The number of thioether (sulfide) groups is 1. The lowest BCUT2D eigenvalue weighted by molar-refractivity contribution is 0.0455. The molecule has 2 N–H and O–H groups in total. The number of methoxy groups -OCH3 is 1. The van der Waals surface area contributed by atoms with Gasteiger partial charge in [-0.15, -0.1) is 11.8 Å². The quantitative estimate of drug-likeness (QED) is 0.850. The highest BCUT2D eigenvalue weighted by Gasteiger charge is 2.19. The highest BCUT2D eigenvalue weighted by atomic mass is 32.2. The van der Waals surface area contributed by atoms with E-state index in [-0.39, 0.29) is 0 Å². The highest BCUT2D eigenvalue weighted by Crippen LogP contribution is 2.28. The van der Waals surface area contributed by atoms with Crippen molar-refractivity contribution in [1.29, 1.82) is 0 Å². The molecule has 1 aliphatic rings. The summed E-state index contributed by atoms with van der Waals surface area (Å²) < 4.78 is 10.5. The number of hydrogen-bond acceptors (Lipinski definition) is 4. The van der Waals surface area contributed by atoms with Crippen LogP contribution < -0.4 is 10.5 Å². The summed E-state index contributed by atoms with van der Waals surface area (Å²) in [5.41, 5.74) is 8.01. The van der Waals surface area contributed by atoms with Crippen LogP contribution in [0.3, 0.4) is 0 Å². The monoisotopic (exact) mass is 239 g/mol. The second-order valence-corrected chi connectivity index (χ2v) is 5.11. The van der Waals surface area contributed by atoms with Crippen molar-refractivity contribution in [3.05, 3.63) is 29.3 Å². The molecule has 1 aromatic rings. The van der Waals surface area contributed by atoms with Crippen molar-refractivity contribution in [2.45, 2.75) is 17.5 Å². The van der Waals surface area contributed by atoms with Gasteiger partial charge in [-0.05, 0) is 17.7 Å². The summed E-state index contributed by atoms with van der Waals surface area (Å²) in [7, 11) is 1.71. The number of rotatable bonds is 5. The molecule has 0 bridgehead atoms. The van der Waals surface area contributed by atoms with Crippen molar-refractivity contribution >= 4 is 11.8 Å². The molecule has 1 aliphatic heterocycles. The normalized spacial score (nSPS) is 15.9. The lowest BCUT2D eigenvalue weighted by Gasteiger charge is -2.25. The molecular weight excluding hydrogens is 222 g/mol. The zero-order valence-corrected chi connectivity index (χ0v) is 10.3. The molecule has 0 aliphatic carbocycles. The van der Waals surface area contributed by atoms with E-state index in [1.807, 2.05) is 23.9 Å². The van der Waals surface area contributed by atoms with Crippen LogP contribution >= 0.6 is 11.8 Å². The minimum absolute atomic E-state index is 0.578. The molecule has 0 radical (unpaired) electrons. The summed E-state index contributed by atoms with van der Waals surface area (Å²) in [6, 6.07) is 6.14. The van der Waals surface area contributed by atoms with Crippen LogP contribution in [0.25, 0.3) is 0 Å². The van der Waals surface area contributed by atoms with Gasteiger partial charge in [0.1, 0.15) is 5.75 Å². The van der Waals surface area contributed by atoms with E-state index in [4.69, 9.17) is 15.2 Å². The molecule has 0 amide bonds. The number of benzene rings is 1. The average Bonchev–Trinajstić information content (AvgIpc) is 2.26. The third-order valence-electron chi connectivity index (χ3n) is 2.66. The number of ether oxygens (including phenoxy) is 2. The van der Waals surface area contributed by atoms with Crippen LogP contribution in [0.1, 0.15) is 11.1 Å². The number of hydrogen-bond donors (Lipinski definition) is 1. The second-order valence-electron chi connectivity index (χ2n) is 3.82. The van der Waals surface area contributed by atoms with Crippen LogP contribution in [0.15, 0.2) is 18.2 Å². The van der Waals surface area contributed by atoms with E-state index in [0.717, 1.165) is 30.3 Å². The van der Waals surface area contributed by atoms with Gasteiger partial charge in [0.15, 0.2) is 0 Å². The van der Waals surface area contributed by atoms with Gasteiger partial charge >= 0.3 is 0 Å². The van der Waals surface area contributed by atoms with Gasteiger partial charge in [-0.25, -0.2) is 0 Å². The fourth-order valence-electron chi connectivity index (χ4n) is 1.59. The summed E-state index contributed by atoms with van der Waals surface area (Å²) in [6.45, 7) is 2.33. The highest BCUT2D eigenvalue weighted by molar-refractivity contribution is 7.99. The van der Waals surface area contributed by atoms with E-state index in [1.54, 1.807) is 7.11 Å². The molecule has 3 nitrogen and oxygen atoms in total. The Morgan fingerprint density at radius 3 is 2.88 bits per heavy atom. The zero-order valence-electron chi connectivity index (χ0n) is 9.44. The van der Waals surface area contributed by atoms with E-state index >= 15 is 0 Å². The van der Waals surface area contributed by atoms with E-state index in [2.05, 4.69) is 6.07 Å². The van der Waals surface area contributed by atoms with Crippen LogP contribution in [-0.4, -0.2) is 25.6 Å². The smallest absolute Gasteiger partial charge is 0.122 e. The van der Waals surface area contributed by atoms with Crippen LogP contribution in [0.2, 0.25) is 0 Å². The first-order valence-corrected chi connectivity index (χ1v) is 6.43. The molecule has 0 saturated carbocycles. The Balaban J connectivity index is 2.03. The largest absolute Gasteiger partial charge is 0.496 e. The first-order valence-electron chi connectivity index (χ1n) is 5.38. The SMILES string of the molecule is COc1ccc(CN)cc1CSC1COC1. The molecule has 2 rings (SSSR count). The summed E-state index contributed by atoms with van der Waals surface area (Å²) in [4.78, 5) is 0. The Morgan fingerprint density at radius 2 is 2.31 bits per heavy atom. The van der Waals surface area contributed by atoms with E-state index in [9.17, 15) is 0 Å². The Morgan fingerprint density at radius 1 is 1.50 bits per heavy atom. The minimum Gasteiger partial charge on any atom is -0.496 e. The fourth-order valence-corrected chi connectivity index (χ4v) is 2.62. The third kappa shape index (κ3) is 2.70. The van der Waals surface area contributed by atoms with Crippen LogP contribution in [-0.2, 0) is 17.0 Å². The first kappa shape index (κ1) is 11.8. The van der Waals surface area contributed by atoms with Crippen molar-refractivity contribution in [3.8, 4) is 5.75 Å². The topological polar surface area (TPSA) is 44.5 Å². The average molecular weight is 239 g/mol. The van der Waals surface area contributed by atoms with Gasteiger partial charge in [0.25, 0.3) is 0 Å². The predicted molar refractivity (Wildman–Crippen MR) is 66.8 cm³/mol. The van der Waals surface area contributed by atoms with Gasteiger partial charge < -0.3 is 15.2 Å². The Bertz CT molecular complexity index is 353. The lowest BCUT2D eigenvalue weighted by atomic mass is 10.1. The molecule has 16 heavy (non-hydrogen) atoms. The van der Waals surface area contributed by atoms with Gasteiger partial charge in [-0.3, -0.25) is 0 Å². The molecule has 1 heterocycles. The Hall–Kier alpha value is -0.710. The molecule has 1 saturated heterocycles. The van der Waals surface area contributed by atoms with Gasteiger partial charge in [-0.2, -0.15) is 0 Å². The van der Waals surface area contributed by atoms with Crippen molar-refractivity contribution in [2.75, 3.05) is 20.3 Å². The van der Waals surface area contributed by atoms with Gasteiger partial charge in [0.2, 0.25) is 0 Å². The Kier molecular flexibility index (Phi) is 4.09. The molecule has 1 aromatic carbocycles. The van der Waals surface area contributed by atoms with E-state index in [0.29, 0.717) is 11.8 Å². The fraction of sp³-hybridized carbons (Fsp3) is 0.500. The van der Waals surface area contributed by atoms with Gasteiger partial charge in [-0.1, -0.05) is 6.07 Å². The van der Waals surface area contributed by atoms with Crippen LogP contribution in [0, 0.1) is 0 Å². The molecule has 0 spiro atoms. The maximum Gasteiger partial charge on any atom is 0.122 e. The molecule has 0 unspecified atom stereocenters. The van der Waals surface area contributed by atoms with Crippen molar-refractivity contribution < 1.29 is 9.47 Å². The molecule has 4 heteroatoms.